The van der Waals surface area contributed by atoms with Gasteiger partial charge in [-0.15, -0.1) is 11.6 Å². The van der Waals surface area contributed by atoms with E-state index in [1.807, 2.05) is 0 Å². The largest absolute Gasteiger partial charge is 0.493 e. The molecule has 0 saturated heterocycles. The number of fused-ring (bicyclic) bond motifs is 1. The van der Waals surface area contributed by atoms with Crippen LogP contribution in [0.1, 0.15) is 28.4 Å². The Hall–Kier alpha value is -2.99. The van der Waals surface area contributed by atoms with E-state index < -0.39 is 11.3 Å². The molecule has 1 aliphatic rings. The average Bonchev–Trinajstić information content (AvgIpc) is 2.97. The van der Waals surface area contributed by atoms with Crippen molar-refractivity contribution in [3.63, 3.8) is 0 Å². The zero-order valence-corrected chi connectivity index (χ0v) is 16.6. The summed E-state index contributed by atoms with van der Waals surface area (Å²) < 4.78 is 21.4. The molecule has 0 N–H and O–H groups in total. The monoisotopic (exact) mass is 402 g/mol. The van der Waals surface area contributed by atoms with Crippen molar-refractivity contribution in [3.05, 3.63) is 52.8 Å². The topological polar surface area (TPSA) is 71.1 Å². The molecular weight excluding hydrogens is 384 g/mol. The first-order chi connectivity index (χ1) is 13.3. The Balaban J connectivity index is 1.92. The number of alkyl halides is 1. The number of aryl methyl sites for hydroxylation is 1. The third kappa shape index (κ3) is 3.82. The predicted octanol–water partition coefficient (Wildman–Crippen LogP) is 4.16. The number of halogens is 1. The van der Waals surface area contributed by atoms with Crippen LogP contribution in [0.5, 0.6) is 23.0 Å². The highest BCUT2D eigenvalue weighted by Gasteiger charge is 2.30. The van der Waals surface area contributed by atoms with E-state index >= 15 is 0 Å². The van der Waals surface area contributed by atoms with Crippen molar-refractivity contribution in [3.8, 4) is 23.0 Å². The van der Waals surface area contributed by atoms with Crippen LogP contribution in [0.2, 0.25) is 0 Å². The maximum Gasteiger partial charge on any atom is 0.329 e. The number of benzene rings is 2. The lowest BCUT2D eigenvalue weighted by Gasteiger charge is -2.08. The zero-order valence-electron chi connectivity index (χ0n) is 15.9. The summed E-state index contributed by atoms with van der Waals surface area (Å²) in [6.07, 6.45) is 1.62. The molecule has 1 atom stereocenters. The Kier molecular flexibility index (Phi) is 5.61. The number of ether oxygens (including phenoxy) is 4. The molecule has 0 fully saturated rings. The molecule has 0 amide bonds. The third-order valence-electron chi connectivity index (χ3n) is 4.19. The van der Waals surface area contributed by atoms with Gasteiger partial charge in [0.2, 0.25) is 5.78 Å². The number of allylic oxidation sites excluding steroid dienone is 1. The van der Waals surface area contributed by atoms with Gasteiger partial charge in [-0.05, 0) is 49.2 Å². The lowest BCUT2D eigenvalue weighted by atomic mass is 10.0. The molecule has 0 radical (unpaired) electrons. The van der Waals surface area contributed by atoms with E-state index in [-0.39, 0.29) is 17.3 Å². The smallest absolute Gasteiger partial charge is 0.329 e. The number of carbonyl (C=O) groups is 2. The molecule has 1 aliphatic heterocycles. The molecule has 0 bridgehead atoms. The van der Waals surface area contributed by atoms with Crippen molar-refractivity contribution >= 4 is 29.4 Å². The number of hydrogen-bond donors (Lipinski definition) is 0. The van der Waals surface area contributed by atoms with E-state index in [1.165, 1.54) is 20.1 Å². The fourth-order valence-corrected chi connectivity index (χ4v) is 2.87. The van der Waals surface area contributed by atoms with E-state index in [4.69, 9.17) is 30.5 Å². The molecule has 0 saturated carbocycles. The van der Waals surface area contributed by atoms with Crippen molar-refractivity contribution in [2.45, 2.75) is 19.2 Å². The zero-order chi connectivity index (χ0) is 20.4. The first-order valence-corrected chi connectivity index (χ1v) is 8.94. The van der Waals surface area contributed by atoms with Crippen LogP contribution in [0, 0.1) is 6.92 Å². The number of rotatable bonds is 5. The minimum atomic E-state index is -0.781. The lowest BCUT2D eigenvalue weighted by Crippen LogP contribution is -2.17. The van der Waals surface area contributed by atoms with E-state index in [2.05, 4.69) is 0 Å². The molecule has 6 nitrogen and oxygen atoms in total. The predicted molar refractivity (Wildman–Crippen MR) is 105 cm³/mol. The highest BCUT2D eigenvalue weighted by Crippen LogP contribution is 2.38. The summed E-state index contributed by atoms with van der Waals surface area (Å²) >= 11 is 5.73. The number of hydrogen-bond acceptors (Lipinski definition) is 6. The molecule has 1 heterocycles. The number of methoxy groups -OCH3 is 2. The highest BCUT2D eigenvalue weighted by atomic mass is 35.5. The lowest BCUT2D eigenvalue weighted by molar-refractivity contribution is -0.133. The minimum absolute atomic E-state index is 0.166. The van der Waals surface area contributed by atoms with Crippen LogP contribution in [-0.2, 0) is 4.79 Å². The second kappa shape index (κ2) is 7.94. The minimum Gasteiger partial charge on any atom is -0.493 e. The Morgan fingerprint density at radius 3 is 2.50 bits per heavy atom. The second-order valence-corrected chi connectivity index (χ2v) is 6.86. The van der Waals surface area contributed by atoms with Crippen LogP contribution in [0.15, 0.2) is 36.1 Å². The molecule has 2 aromatic carbocycles. The summed E-state index contributed by atoms with van der Waals surface area (Å²) in [6.45, 7) is 3.27. The van der Waals surface area contributed by atoms with Gasteiger partial charge in [-0.25, -0.2) is 0 Å². The van der Waals surface area contributed by atoms with Crippen LogP contribution < -0.4 is 18.9 Å². The quantitative estimate of drug-likeness (QED) is 0.323. The number of Topliss-reactive ketones (excluding diaryl/α,β-unsaturated/α-hetero) is 1. The number of ketones is 1. The summed E-state index contributed by atoms with van der Waals surface area (Å²) in [5, 5.41) is -0.781. The van der Waals surface area contributed by atoms with E-state index in [0.717, 1.165) is 0 Å². The standard InChI is InChI=1S/C21H19ClO6/c1-11-7-14(27-21(24)12(2)22)10-17-19(11)20(23)18(28-17)9-13-5-6-15(25-3)16(8-13)26-4/h5-10,12H,1-4H3/b18-9-. The first-order valence-electron chi connectivity index (χ1n) is 8.50. The van der Waals surface area contributed by atoms with Gasteiger partial charge in [-0.1, -0.05) is 6.07 Å². The van der Waals surface area contributed by atoms with Gasteiger partial charge in [0.25, 0.3) is 0 Å². The Bertz CT molecular complexity index is 977. The summed E-state index contributed by atoms with van der Waals surface area (Å²) in [5.74, 6) is 1.08. The van der Waals surface area contributed by atoms with Gasteiger partial charge < -0.3 is 18.9 Å². The summed E-state index contributed by atoms with van der Waals surface area (Å²) in [6, 6.07) is 8.39. The maximum absolute atomic E-state index is 12.8. The molecular formula is C21H19ClO6. The van der Waals surface area contributed by atoms with E-state index in [1.54, 1.807) is 44.4 Å². The summed E-state index contributed by atoms with van der Waals surface area (Å²) in [7, 11) is 3.09. The van der Waals surface area contributed by atoms with Crippen LogP contribution in [0.25, 0.3) is 6.08 Å². The molecule has 0 spiro atoms. The Morgan fingerprint density at radius 2 is 1.86 bits per heavy atom. The third-order valence-corrected chi connectivity index (χ3v) is 4.37. The van der Waals surface area contributed by atoms with Crippen LogP contribution in [0.4, 0.5) is 0 Å². The summed E-state index contributed by atoms with van der Waals surface area (Å²) in [4.78, 5) is 24.5. The fourth-order valence-electron chi connectivity index (χ4n) is 2.83. The van der Waals surface area contributed by atoms with Crippen LogP contribution in [0.3, 0.4) is 0 Å². The van der Waals surface area contributed by atoms with Crippen molar-refractivity contribution in [1.29, 1.82) is 0 Å². The second-order valence-electron chi connectivity index (χ2n) is 6.20. The average molecular weight is 403 g/mol. The van der Waals surface area contributed by atoms with Gasteiger partial charge in [-0.3, -0.25) is 9.59 Å². The van der Waals surface area contributed by atoms with Crippen molar-refractivity contribution in [1.82, 2.24) is 0 Å². The molecule has 7 heteroatoms. The van der Waals surface area contributed by atoms with E-state index in [0.29, 0.717) is 33.9 Å². The first kappa shape index (κ1) is 19.8. The van der Waals surface area contributed by atoms with E-state index in [9.17, 15) is 9.59 Å². The normalized spacial score (nSPS) is 15.0. The van der Waals surface area contributed by atoms with Crippen molar-refractivity contribution < 1.29 is 28.5 Å². The fraction of sp³-hybridized carbons (Fsp3) is 0.238. The Labute approximate surface area is 167 Å². The number of carbonyl (C=O) groups excluding carboxylic acids is 2. The van der Waals surface area contributed by atoms with Crippen LogP contribution >= 0.6 is 11.6 Å². The SMILES string of the molecule is COc1ccc(/C=C2\Oc3cc(OC(=O)C(C)Cl)cc(C)c3C2=O)cc1OC. The van der Waals surface area contributed by atoms with Gasteiger partial charge in [0.1, 0.15) is 16.9 Å². The van der Waals surface area contributed by atoms with Gasteiger partial charge in [0, 0.05) is 6.07 Å². The molecule has 0 aromatic heterocycles. The van der Waals surface area contributed by atoms with Crippen molar-refractivity contribution in [2.75, 3.05) is 14.2 Å². The van der Waals surface area contributed by atoms with Gasteiger partial charge >= 0.3 is 5.97 Å². The Morgan fingerprint density at radius 1 is 1.14 bits per heavy atom. The molecule has 1 unspecified atom stereocenters. The molecule has 146 valence electrons. The highest BCUT2D eigenvalue weighted by molar-refractivity contribution is 6.29. The molecule has 28 heavy (non-hydrogen) atoms. The number of esters is 1. The molecule has 2 aromatic rings. The maximum atomic E-state index is 12.8. The molecule has 0 aliphatic carbocycles. The van der Waals surface area contributed by atoms with Crippen LogP contribution in [-0.4, -0.2) is 31.3 Å². The van der Waals surface area contributed by atoms with Gasteiger partial charge in [-0.2, -0.15) is 0 Å². The van der Waals surface area contributed by atoms with Gasteiger partial charge in [0.05, 0.1) is 19.8 Å². The van der Waals surface area contributed by atoms with Crippen molar-refractivity contribution in [2.24, 2.45) is 0 Å². The van der Waals surface area contributed by atoms with Gasteiger partial charge in [0.15, 0.2) is 17.3 Å². The molecule has 3 rings (SSSR count). The summed E-state index contributed by atoms with van der Waals surface area (Å²) in [5.41, 5.74) is 1.79.